The van der Waals surface area contributed by atoms with Crippen molar-refractivity contribution >= 4 is 16.9 Å². The first kappa shape index (κ1) is 14.2. The number of aromatic nitrogens is 1. The topological polar surface area (TPSA) is 45.5 Å². The van der Waals surface area contributed by atoms with Gasteiger partial charge in [-0.1, -0.05) is 24.1 Å². The highest BCUT2D eigenvalue weighted by atomic mass is 16.4. The minimum Gasteiger partial charge on any atom is -0.480 e. The maximum atomic E-state index is 10.9. The summed E-state index contributed by atoms with van der Waals surface area (Å²) in [5.74, 6) is 1.66. The van der Waals surface area contributed by atoms with Crippen molar-refractivity contribution in [3.63, 3.8) is 0 Å². The zero-order valence-corrected chi connectivity index (χ0v) is 11.8. The summed E-state index contributed by atoms with van der Waals surface area (Å²) in [6.45, 7) is 2.87. The van der Waals surface area contributed by atoms with Gasteiger partial charge in [0, 0.05) is 30.2 Å². The van der Waals surface area contributed by atoms with E-state index >= 15 is 0 Å². The molecule has 2 rings (SSSR count). The number of fused-ring (bicyclic) bond motifs is 1. The third-order valence-corrected chi connectivity index (χ3v) is 3.55. The minimum atomic E-state index is -0.864. The summed E-state index contributed by atoms with van der Waals surface area (Å²) in [4.78, 5) is 12.7. The number of aryl methyl sites for hydroxylation is 2. The van der Waals surface area contributed by atoms with Gasteiger partial charge in [-0.3, -0.25) is 9.69 Å². The Labute approximate surface area is 118 Å². The predicted octanol–water partition coefficient (Wildman–Crippen LogP) is 2.01. The standard InChI is InChI=1S/C16H18N2O2/c1-4-9-18(11-16(19)20)10-15-12(2)13-7-5-6-8-14(13)17(15)3/h1,5-8H,9-11H2,2-3H3,(H,19,20). The molecule has 20 heavy (non-hydrogen) atoms. The first-order chi connectivity index (χ1) is 9.54. The van der Waals surface area contributed by atoms with Crippen molar-refractivity contribution in [1.29, 1.82) is 0 Å². The maximum absolute atomic E-state index is 10.9. The van der Waals surface area contributed by atoms with Gasteiger partial charge in [0.05, 0.1) is 13.1 Å². The highest BCUT2D eigenvalue weighted by Gasteiger charge is 2.16. The Hall–Kier alpha value is -2.25. The van der Waals surface area contributed by atoms with Gasteiger partial charge in [-0.2, -0.15) is 0 Å². The van der Waals surface area contributed by atoms with E-state index in [0.29, 0.717) is 13.1 Å². The minimum absolute atomic E-state index is 0.0504. The molecule has 1 heterocycles. The van der Waals surface area contributed by atoms with Crippen LogP contribution in [0.4, 0.5) is 0 Å². The van der Waals surface area contributed by atoms with Crippen molar-refractivity contribution in [2.75, 3.05) is 13.1 Å². The first-order valence-corrected chi connectivity index (χ1v) is 6.45. The van der Waals surface area contributed by atoms with Gasteiger partial charge in [0.25, 0.3) is 0 Å². The van der Waals surface area contributed by atoms with E-state index in [1.54, 1.807) is 4.90 Å². The zero-order chi connectivity index (χ0) is 14.7. The van der Waals surface area contributed by atoms with Gasteiger partial charge >= 0.3 is 5.97 Å². The average molecular weight is 270 g/mol. The molecular formula is C16H18N2O2. The zero-order valence-electron chi connectivity index (χ0n) is 11.8. The van der Waals surface area contributed by atoms with Crippen LogP contribution in [0.5, 0.6) is 0 Å². The number of terminal acetylenes is 1. The van der Waals surface area contributed by atoms with Crippen LogP contribution in [0, 0.1) is 19.3 Å². The lowest BCUT2D eigenvalue weighted by atomic mass is 10.1. The molecule has 4 nitrogen and oxygen atoms in total. The number of aliphatic carboxylic acids is 1. The Bertz CT molecular complexity index is 641. The van der Waals surface area contributed by atoms with Gasteiger partial charge in [0.1, 0.15) is 0 Å². The van der Waals surface area contributed by atoms with Crippen molar-refractivity contribution < 1.29 is 9.90 Å². The average Bonchev–Trinajstić information content (AvgIpc) is 2.64. The van der Waals surface area contributed by atoms with Crippen LogP contribution in [0.2, 0.25) is 0 Å². The van der Waals surface area contributed by atoms with Crippen LogP contribution in [0.15, 0.2) is 24.3 Å². The quantitative estimate of drug-likeness (QED) is 0.845. The molecule has 1 N–H and O–H groups in total. The van der Waals surface area contributed by atoms with E-state index < -0.39 is 5.97 Å². The fourth-order valence-corrected chi connectivity index (χ4v) is 2.56. The summed E-state index contributed by atoms with van der Waals surface area (Å²) in [7, 11) is 2.00. The third-order valence-electron chi connectivity index (χ3n) is 3.55. The summed E-state index contributed by atoms with van der Waals surface area (Å²) >= 11 is 0. The number of nitrogens with zero attached hydrogens (tertiary/aromatic N) is 2. The second kappa shape index (κ2) is 5.81. The van der Waals surface area contributed by atoms with Gasteiger partial charge in [0.15, 0.2) is 0 Å². The summed E-state index contributed by atoms with van der Waals surface area (Å²) < 4.78 is 2.11. The second-order valence-corrected chi connectivity index (χ2v) is 4.89. The molecule has 0 saturated heterocycles. The van der Waals surface area contributed by atoms with Crippen LogP contribution in [-0.2, 0) is 18.4 Å². The molecule has 0 radical (unpaired) electrons. The third kappa shape index (κ3) is 2.68. The molecule has 4 heteroatoms. The van der Waals surface area contributed by atoms with E-state index in [4.69, 9.17) is 11.5 Å². The van der Waals surface area contributed by atoms with Crippen molar-refractivity contribution in [1.82, 2.24) is 9.47 Å². The monoisotopic (exact) mass is 270 g/mol. The first-order valence-electron chi connectivity index (χ1n) is 6.45. The van der Waals surface area contributed by atoms with E-state index in [1.807, 2.05) is 19.2 Å². The van der Waals surface area contributed by atoms with Crippen LogP contribution in [0.3, 0.4) is 0 Å². The largest absolute Gasteiger partial charge is 0.480 e. The normalized spacial score (nSPS) is 10.9. The summed E-state index contributed by atoms with van der Waals surface area (Å²) in [5, 5.41) is 10.1. The molecule has 0 aliphatic heterocycles. The second-order valence-electron chi connectivity index (χ2n) is 4.89. The Kier molecular flexibility index (Phi) is 4.11. The Morgan fingerprint density at radius 2 is 2.15 bits per heavy atom. The van der Waals surface area contributed by atoms with Crippen molar-refractivity contribution in [2.45, 2.75) is 13.5 Å². The van der Waals surface area contributed by atoms with Crippen molar-refractivity contribution in [2.24, 2.45) is 7.05 Å². The smallest absolute Gasteiger partial charge is 0.317 e. The van der Waals surface area contributed by atoms with Gasteiger partial charge in [-0.15, -0.1) is 6.42 Å². The molecule has 0 unspecified atom stereocenters. The van der Waals surface area contributed by atoms with E-state index in [1.165, 1.54) is 10.9 Å². The number of hydrogen-bond acceptors (Lipinski definition) is 2. The molecule has 0 aliphatic carbocycles. The van der Waals surface area contributed by atoms with Crippen LogP contribution in [0.1, 0.15) is 11.3 Å². The van der Waals surface area contributed by atoms with Crippen LogP contribution in [-0.4, -0.2) is 33.6 Å². The summed E-state index contributed by atoms with van der Waals surface area (Å²) in [5.41, 5.74) is 3.43. The Morgan fingerprint density at radius 1 is 1.45 bits per heavy atom. The summed E-state index contributed by atoms with van der Waals surface area (Å²) in [6, 6.07) is 8.16. The maximum Gasteiger partial charge on any atom is 0.317 e. The van der Waals surface area contributed by atoms with Crippen LogP contribution < -0.4 is 0 Å². The molecule has 1 aromatic heterocycles. The van der Waals surface area contributed by atoms with Gasteiger partial charge in [0.2, 0.25) is 0 Å². The molecule has 0 saturated carbocycles. The number of hydrogen-bond donors (Lipinski definition) is 1. The molecule has 0 fully saturated rings. The molecule has 104 valence electrons. The fourth-order valence-electron chi connectivity index (χ4n) is 2.56. The van der Waals surface area contributed by atoms with Crippen LogP contribution in [0.25, 0.3) is 10.9 Å². The Balaban J connectivity index is 2.37. The molecule has 0 atom stereocenters. The lowest BCUT2D eigenvalue weighted by Gasteiger charge is -2.18. The van der Waals surface area contributed by atoms with E-state index in [9.17, 15) is 4.79 Å². The van der Waals surface area contributed by atoms with Crippen LogP contribution >= 0.6 is 0 Å². The number of benzene rings is 1. The van der Waals surface area contributed by atoms with Gasteiger partial charge in [-0.25, -0.2) is 0 Å². The molecule has 2 aromatic rings. The van der Waals surface area contributed by atoms with Crippen molar-refractivity contribution in [3.05, 3.63) is 35.5 Å². The Morgan fingerprint density at radius 3 is 2.75 bits per heavy atom. The fraction of sp³-hybridized carbons (Fsp3) is 0.312. The SMILES string of the molecule is C#CCN(CC(=O)O)Cc1c(C)c2ccccc2n1C. The molecule has 0 spiro atoms. The van der Waals surface area contributed by atoms with E-state index in [-0.39, 0.29) is 6.54 Å². The summed E-state index contributed by atoms with van der Waals surface area (Å²) in [6.07, 6.45) is 5.32. The number of para-hydroxylation sites is 1. The highest BCUT2D eigenvalue weighted by Crippen LogP contribution is 2.25. The lowest BCUT2D eigenvalue weighted by Crippen LogP contribution is -2.30. The number of carbonyl (C=O) groups is 1. The molecule has 1 aromatic carbocycles. The van der Waals surface area contributed by atoms with Crippen molar-refractivity contribution in [3.8, 4) is 12.3 Å². The highest BCUT2D eigenvalue weighted by molar-refractivity contribution is 5.85. The molecule has 0 bridgehead atoms. The van der Waals surface area contributed by atoms with Gasteiger partial charge < -0.3 is 9.67 Å². The number of rotatable bonds is 5. The van der Waals surface area contributed by atoms with E-state index in [0.717, 1.165) is 11.2 Å². The molecule has 0 aliphatic rings. The molecule has 0 amide bonds. The van der Waals surface area contributed by atoms with E-state index in [2.05, 4.69) is 29.5 Å². The molecular weight excluding hydrogens is 252 g/mol. The number of carboxylic acid groups (broad SMARTS) is 1. The lowest BCUT2D eigenvalue weighted by molar-refractivity contribution is -0.138. The number of carboxylic acids is 1. The predicted molar refractivity (Wildman–Crippen MR) is 79.4 cm³/mol. The van der Waals surface area contributed by atoms with Gasteiger partial charge in [-0.05, 0) is 18.6 Å².